The van der Waals surface area contributed by atoms with Gasteiger partial charge in [0, 0.05) is 56.9 Å². The van der Waals surface area contributed by atoms with Gasteiger partial charge >= 0.3 is 0 Å². The van der Waals surface area contributed by atoms with Crippen molar-refractivity contribution in [3.05, 3.63) is 66.5 Å². The summed E-state index contributed by atoms with van der Waals surface area (Å²) >= 11 is 0. The molecule has 1 aromatic carbocycles. The van der Waals surface area contributed by atoms with Crippen LogP contribution < -0.4 is 10.2 Å². The Balaban J connectivity index is 1.26. The molecule has 0 bridgehead atoms. The predicted octanol–water partition coefficient (Wildman–Crippen LogP) is 2.81. The number of benzene rings is 1. The van der Waals surface area contributed by atoms with Crippen molar-refractivity contribution >= 4 is 17.7 Å². The number of carbonyl (C=O) groups excluding carboxylic acids is 1. The van der Waals surface area contributed by atoms with Crippen LogP contribution in [0.5, 0.6) is 0 Å². The van der Waals surface area contributed by atoms with Gasteiger partial charge in [-0.1, -0.05) is 24.3 Å². The van der Waals surface area contributed by atoms with Crippen LogP contribution in [0.15, 0.2) is 60.9 Å². The first-order valence-electron chi connectivity index (χ1n) is 9.69. The minimum atomic E-state index is -0.0460. The molecule has 1 saturated heterocycles. The summed E-state index contributed by atoms with van der Waals surface area (Å²) in [6, 6.07) is 14.4. The van der Waals surface area contributed by atoms with Crippen molar-refractivity contribution in [2.24, 2.45) is 0 Å². The SMILES string of the molecule is O=C(C=Cc1cccnc1)NCCCCN1CCN(c2ccccc2)CC1. The van der Waals surface area contributed by atoms with Gasteiger partial charge < -0.3 is 10.2 Å². The second-order valence-corrected chi connectivity index (χ2v) is 6.78. The fourth-order valence-electron chi connectivity index (χ4n) is 3.25. The molecular weight excluding hydrogens is 336 g/mol. The van der Waals surface area contributed by atoms with Gasteiger partial charge in [-0.2, -0.15) is 0 Å². The number of para-hydroxylation sites is 1. The fraction of sp³-hybridized carbons (Fsp3) is 0.364. The highest BCUT2D eigenvalue weighted by molar-refractivity contribution is 5.91. The molecule has 1 N–H and O–H groups in total. The van der Waals surface area contributed by atoms with Crippen molar-refractivity contribution in [1.29, 1.82) is 0 Å². The number of pyridine rings is 1. The van der Waals surface area contributed by atoms with Crippen molar-refractivity contribution in [1.82, 2.24) is 15.2 Å². The van der Waals surface area contributed by atoms with E-state index in [2.05, 4.69) is 50.4 Å². The molecule has 0 radical (unpaired) electrons. The van der Waals surface area contributed by atoms with Gasteiger partial charge in [-0.05, 0) is 49.2 Å². The largest absolute Gasteiger partial charge is 0.369 e. The lowest BCUT2D eigenvalue weighted by atomic mass is 10.2. The van der Waals surface area contributed by atoms with E-state index in [1.807, 2.05) is 12.1 Å². The molecule has 1 amide bonds. The van der Waals surface area contributed by atoms with Crippen molar-refractivity contribution in [2.45, 2.75) is 12.8 Å². The van der Waals surface area contributed by atoms with Crippen LogP contribution in [-0.2, 0) is 4.79 Å². The van der Waals surface area contributed by atoms with E-state index in [9.17, 15) is 4.79 Å². The van der Waals surface area contributed by atoms with E-state index >= 15 is 0 Å². The maximum atomic E-state index is 11.8. The second kappa shape index (κ2) is 10.5. The molecule has 5 heteroatoms. The van der Waals surface area contributed by atoms with Gasteiger partial charge in [0.15, 0.2) is 0 Å². The molecule has 142 valence electrons. The molecule has 0 saturated carbocycles. The van der Waals surface area contributed by atoms with E-state index in [1.54, 1.807) is 24.5 Å². The summed E-state index contributed by atoms with van der Waals surface area (Å²) in [5, 5.41) is 2.95. The van der Waals surface area contributed by atoms with Crippen LogP contribution in [0.4, 0.5) is 5.69 Å². The van der Waals surface area contributed by atoms with Gasteiger partial charge in [-0.3, -0.25) is 14.7 Å². The maximum absolute atomic E-state index is 11.8. The third kappa shape index (κ3) is 6.53. The molecule has 1 aliphatic rings. The van der Waals surface area contributed by atoms with Gasteiger partial charge in [0.1, 0.15) is 0 Å². The van der Waals surface area contributed by atoms with E-state index in [0.717, 1.165) is 57.7 Å². The smallest absolute Gasteiger partial charge is 0.243 e. The summed E-state index contributed by atoms with van der Waals surface area (Å²) in [6.07, 6.45) is 8.93. The van der Waals surface area contributed by atoms with E-state index < -0.39 is 0 Å². The molecule has 1 fully saturated rings. The highest BCUT2D eigenvalue weighted by Gasteiger charge is 2.16. The maximum Gasteiger partial charge on any atom is 0.243 e. The van der Waals surface area contributed by atoms with Crippen LogP contribution in [0.2, 0.25) is 0 Å². The number of hydrogen-bond donors (Lipinski definition) is 1. The summed E-state index contributed by atoms with van der Waals surface area (Å²) in [5.74, 6) is -0.0460. The average Bonchev–Trinajstić information content (AvgIpc) is 2.74. The van der Waals surface area contributed by atoms with Crippen LogP contribution in [0.1, 0.15) is 18.4 Å². The number of carbonyl (C=O) groups is 1. The topological polar surface area (TPSA) is 48.5 Å². The normalized spacial score (nSPS) is 15.2. The quantitative estimate of drug-likeness (QED) is 0.578. The zero-order valence-corrected chi connectivity index (χ0v) is 15.8. The third-order valence-electron chi connectivity index (χ3n) is 4.81. The molecule has 2 aromatic rings. The Morgan fingerprint density at radius 1 is 1.04 bits per heavy atom. The number of unbranched alkanes of at least 4 members (excludes halogenated alkanes) is 1. The summed E-state index contributed by atoms with van der Waals surface area (Å²) in [7, 11) is 0. The number of rotatable bonds is 8. The van der Waals surface area contributed by atoms with Gasteiger partial charge in [0.05, 0.1) is 0 Å². The average molecular weight is 364 g/mol. The first-order chi connectivity index (χ1) is 13.3. The first-order valence-corrected chi connectivity index (χ1v) is 9.69. The molecule has 27 heavy (non-hydrogen) atoms. The Labute approximate surface area is 161 Å². The first kappa shape index (κ1) is 19.1. The number of nitrogens with one attached hydrogen (secondary N) is 1. The number of amides is 1. The molecular formula is C22H28N4O. The summed E-state index contributed by atoms with van der Waals surface area (Å²) in [6.45, 7) is 6.20. The molecule has 0 unspecified atom stereocenters. The molecule has 1 aliphatic heterocycles. The number of hydrogen-bond acceptors (Lipinski definition) is 4. The van der Waals surface area contributed by atoms with Gasteiger partial charge in [-0.25, -0.2) is 0 Å². The van der Waals surface area contributed by atoms with Gasteiger partial charge in [0.25, 0.3) is 0 Å². The van der Waals surface area contributed by atoms with Crippen LogP contribution >= 0.6 is 0 Å². The minimum absolute atomic E-state index is 0.0460. The van der Waals surface area contributed by atoms with E-state index in [1.165, 1.54) is 5.69 Å². The van der Waals surface area contributed by atoms with E-state index in [0.29, 0.717) is 0 Å². The summed E-state index contributed by atoms with van der Waals surface area (Å²) in [5.41, 5.74) is 2.25. The van der Waals surface area contributed by atoms with Gasteiger partial charge in [0.2, 0.25) is 5.91 Å². The molecule has 0 spiro atoms. The number of aromatic nitrogens is 1. The Bertz CT molecular complexity index is 710. The van der Waals surface area contributed by atoms with Crippen LogP contribution in [0.3, 0.4) is 0 Å². The Kier molecular flexibility index (Phi) is 7.42. The molecule has 5 nitrogen and oxygen atoms in total. The fourth-order valence-corrected chi connectivity index (χ4v) is 3.25. The van der Waals surface area contributed by atoms with Crippen LogP contribution in [0, 0.1) is 0 Å². The highest BCUT2D eigenvalue weighted by Crippen LogP contribution is 2.15. The lowest BCUT2D eigenvalue weighted by Crippen LogP contribution is -2.46. The van der Waals surface area contributed by atoms with Gasteiger partial charge in [-0.15, -0.1) is 0 Å². The zero-order valence-electron chi connectivity index (χ0n) is 15.8. The van der Waals surface area contributed by atoms with Crippen molar-refractivity contribution < 1.29 is 4.79 Å². The van der Waals surface area contributed by atoms with Crippen LogP contribution in [0.25, 0.3) is 6.08 Å². The number of nitrogens with zero attached hydrogens (tertiary/aromatic N) is 3. The molecule has 0 atom stereocenters. The Hall–Kier alpha value is -2.66. The van der Waals surface area contributed by atoms with Crippen LogP contribution in [-0.4, -0.2) is 55.1 Å². The highest BCUT2D eigenvalue weighted by atomic mass is 16.1. The van der Waals surface area contributed by atoms with E-state index in [-0.39, 0.29) is 5.91 Å². The molecule has 2 heterocycles. The Morgan fingerprint density at radius 3 is 2.59 bits per heavy atom. The standard InChI is InChI=1S/C22H28N4O/c27-22(11-10-20-7-6-12-23-19-20)24-13-4-5-14-25-15-17-26(18-16-25)21-8-2-1-3-9-21/h1-3,6-12,19H,4-5,13-18H2,(H,24,27). The summed E-state index contributed by atoms with van der Waals surface area (Å²) < 4.78 is 0. The molecule has 0 aliphatic carbocycles. The lowest BCUT2D eigenvalue weighted by Gasteiger charge is -2.36. The van der Waals surface area contributed by atoms with Crippen molar-refractivity contribution in [3.8, 4) is 0 Å². The molecule has 3 rings (SSSR count). The Morgan fingerprint density at radius 2 is 1.85 bits per heavy atom. The minimum Gasteiger partial charge on any atom is -0.369 e. The lowest BCUT2D eigenvalue weighted by molar-refractivity contribution is -0.116. The summed E-state index contributed by atoms with van der Waals surface area (Å²) in [4.78, 5) is 20.8. The second-order valence-electron chi connectivity index (χ2n) is 6.78. The predicted molar refractivity (Wildman–Crippen MR) is 111 cm³/mol. The van der Waals surface area contributed by atoms with E-state index in [4.69, 9.17) is 0 Å². The zero-order chi connectivity index (χ0) is 18.7. The number of piperazine rings is 1. The monoisotopic (exact) mass is 364 g/mol. The number of anilines is 1. The van der Waals surface area contributed by atoms with Crippen molar-refractivity contribution in [2.75, 3.05) is 44.2 Å². The van der Waals surface area contributed by atoms with Crippen molar-refractivity contribution in [3.63, 3.8) is 0 Å². The third-order valence-corrected chi connectivity index (χ3v) is 4.81. The molecule has 1 aromatic heterocycles.